The van der Waals surface area contributed by atoms with Crippen LogP contribution in [0.15, 0.2) is 30.3 Å². The van der Waals surface area contributed by atoms with Crippen molar-refractivity contribution in [3.63, 3.8) is 0 Å². The van der Waals surface area contributed by atoms with Crippen LogP contribution in [0.1, 0.15) is 12.0 Å². The Balaban J connectivity index is 1.63. The van der Waals surface area contributed by atoms with Gasteiger partial charge in [0.15, 0.2) is 0 Å². The maximum atomic E-state index is 5.84. The second-order valence-corrected chi connectivity index (χ2v) is 5.12. The van der Waals surface area contributed by atoms with Crippen LogP contribution in [-0.4, -0.2) is 24.5 Å². The van der Waals surface area contributed by atoms with Gasteiger partial charge in [0.1, 0.15) is 0 Å². The summed E-state index contributed by atoms with van der Waals surface area (Å²) in [5, 5.41) is 0. The second-order valence-electron chi connectivity index (χ2n) is 5.12. The van der Waals surface area contributed by atoms with Crippen LogP contribution < -0.4 is 5.73 Å². The highest BCUT2D eigenvalue weighted by Crippen LogP contribution is 2.57. The van der Waals surface area contributed by atoms with Crippen LogP contribution >= 0.6 is 0 Å². The molecule has 0 bridgehead atoms. The lowest BCUT2D eigenvalue weighted by molar-refractivity contribution is 0.274. The monoisotopic (exact) mass is 202 g/mol. The second kappa shape index (κ2) is 3.32. The van der Waals surface area contributed by atoms with E-state index in [1.54, 1.807) is 0 Å². The Bertz CT molecular complexity index is 345. The smallest absolute Gasteiger partial charge is 0.0234 e. The first kappa shape index (κ1) is 9.37. The van der Waals surface area contributed by atoms with Gasteiger partial charge >= 0.3 is 0 Å². The van der Waals surface area contributed by atoms with Crippen molar-refractivity contribution in [1.82, 2.24) is 4.90 Å². The van der Waals surface area contributed by atoms with E-state index in [0.717, 1.165) is 19.0 Å². The molecule has 0 radical (unpaired) electrons. The molecule has 1 aliphatic heterocycles. The van der Waals surface area contributed by atoms with Crippen molar-refractivity contribution in [2.24, 2.45) is 17.1 Å². The van der Waals surface area contributed by atoms with Crippen molar-refractivity contribution >= 4 is 0 Å². The van der Waals surface area contributed by atoms with Crippen LogP contribution in [0, 0.1) is 11.3 Å². The van der Waals surface area contributed by atoms with E-state index in [4.69, 9.17) is 5.73 Å². The zero-order chi connectivity index (χ0) is 10.3. The predicted octanol–water partition coefficient (Wildman–Crippen LogP) is 1.47. The van der Waals surface area contributed by atoms with Crippen LogP contribution in [0.25, 0.3) is 0 Å². The maximum absolute atomic E-state index is 5.84. The number of likely N-dealkylation sites (tertiary alicyclic amines) is 1. The zero-order valence-corrected chi connectivity index (χ0v) is 9.02. The third kappa shape index (κ3) is 1.58. The normalized spacial score (nSPS) is 34.1. The average Bonchev–Trinajstić information content (AvgIpc) is 2.84. The number of rotatable bonds is 3. The molecule has 2 fully saturated rings. The quantitative estimate of drug-likeness (QED) is 0.804. The molecule has 0 amide bonds. The first-order valence-electron chi connectivity index (χ1n) is 5.79. The zero-order valence-electron chi connectivity index (χ0n) is 9.02. The highest BCUT2D eigenvalue weighted by molar-refractivity contribution is 5.17. The van der Waals surface area contributed by atoms with Gasteiger partial charge in [-0.2, -0.15) is 0 Å². The highest BCUT2D eigenvalue weighted by Gasteiger charge is 2.58. The Labute approximate surface area is 91.1 Å². The molecular formula is C13H18N2. The van der Waals surface area contributed by atoms with Gasteiger partial charge in [-0.25, -0.2) is 0 Å². The van der Waals surface area contributed by atoms with Crippen LogP contribution in [0.4, 0.5) is 0 Å². The molecule has 3 rings (SSSR count). The average molecular weight is 202 g/mol. The first-order chi connectivity index (χ1) is 7.32. The molecule has 2 atom stereocenters. The molecule has 2 heteroatoms. The van der Waals surface area contributed by atoms with Crippen LogP contribution in [0.2, 0.25) is 0 Å². The summed E-state index contributed by atoms with van der Waals surface area (Å²) in [6, 6.07) is 10.7. The standard InChI is InChI=1S/C13H18N2/c14-9-13-6-12(13)8-15(10-13)7-11-4-2-1-3-5-11/h1-5,12H,6-10,14H2/t12-,13+/m1/s1. The summed E-state index contributed by atoms with van der Waals surface area (Å²) in [4.78, 5) is 2.55. The summed E-state index contributed by atoms with van der Waals surface area (Å²) in [7, 11) is 0. The third-order valence-electron chi connectivity index (χ3n) is 4.03. The molecule has 1 heterocycles. The minimum Gasteiger partial charge on any atom is -0.330 e. The molecule has 2 nitrogen and oxygen atoms in total. The summed E-state index contributed by atoms with van der Waals surface area (Å²) in [5.41, 5.74) is 7.77. The number of nitrogens with zero attached hydrogens (tertiary/aromatic N) is 1. The molecule has 15 heavy (non-hydrogen) atoms. The van der Waals surface area contributed by atoms with Gasteiger partial charge in [-0.05, 0) is 29.9 Å². The van der Waals surface area contributed by atoms with Crippen LogP contribution in [-0.2, 0) is 6.54 Å². The summed E-state index contributed by atoms with van der Waals surface area (Å²) < 4.78 is 0. The van der Waals surface area contributed by atoms with E-state index in [9.17, 15) is 0 Å². The fourth-order valence-corrected chi connectivity index (χ4v) is 2.98. The molecule has 1 saturated heterocycles. The SMILES string of the molecule is NC[C@]12C[C@@H]1CN(Cc1ccccc1)C2. The summed E-state index contributed by atoms with van der Waals surface area (Å²) in [6.07, 6.45) is 1.37. The van der Waals surface area contributed by atoms with Gasteiger partial charge < -0.3 is 5.73 Å². The fraction of sp³-hybridized carbons (Fsp3) is 0.538. The van der Waals surface area contributed by atoms with E-state index >= 15 is 0 Å². The summed E-state index contributed by atoms with van der Waals surface area (Å²) >= 11 is 0. The van der Waals surface area contributed by atoms with Crippen molar-refractivity contribution in [3.8, 4) is 0 Å². The molecule has 1 aromatic carbocycles. The van der Waals surface area contributed by atoms with Gasteiger partial charge in [0.25, 0.3) is 0 Å². The first-order valence-corrected chi connectivity index (χ1v) is 5.79. The number of piperidine rings is 1. The molecule has 80 valence electrons. The van der Waals surface area contributed by atoms with Gasteiger partial charge in [-0.3, -0.25) is 4.90 Å². The lowest BCUT2D eigenvalue weighted by Gasteiger charge is -2.19. The van der Waals surface area contributed by atoms with Crippen molar-refractivity contribution in [2.75, 3.05) is 19.6 Å². The van der Waals surface area contributed by atoms with E-state index in [1.165, 1.54) is 25.1 Å². The van der Waals surface area contributed by atoms with Gasteiger partial charge in [-0.15, -0.1) is 0 Å². The van der Waals surface area contributed by atoms with E-state index in [1.807, 2.05) is 0 Å². The molecule has 1 aliphatic carbocycles. The molecule has 1 aromatic rings. The number of hydrogen-bond donors (Lipinski definition) is 1. The van der Waals surface area contributed by atoms with Crippen LogP contribution in [0.3, 0.4) is 0 Å². The van der Waals surface area contributed by atoms with Crippen molar-refractivity contribution in [3.05, 3.63) is 35.9 Å². The number of fused-ring (bicyclic) bond motifs is 1. The third-order valence-corrected chi connectivity index (χ3v) is 4.03. The van der Waals surface area contributed by atoms with E-state index in [0.29, 0.717) is 5.41 Å². The minimum atomic E-state index is 0.509. The maximum Gasteiger partial charge on any atom is 0.0234 e. The molecule has 0 aromatic heterocycles. The van der Waals surface area contributed by atoms with E-state index in [-0.39, 0.29) is 0 Å². The Morgan fingerprint density at radius 1 is 1.33 bits per heavy atom. The van der Waals surface area contributed by atoms with Crippen LogP contribution in [0.5, 0.6) is 0 Å². The highest BCUT2D eigenvalue weighted by atomic mass is 15.2. The van der Waals surface area contributed by atoms with Crippen molar-refractivity contribution in [2.45, 2.75) is 13.0 Å². The van der Waals surface area contributed by atoms with Gasteiger partial charge in [0, 0.05) is 19.6 Å². The molecule has 2 aliphatic rings. The summed E-state index contributed by atoms with van der Waals surface area (Å²) in [5.74, 6) is 0.895. The fourth-order valence-electron chi connectivity index (χ4n) is 2.98. The van der Waals surface area contributed by atoms with E-state index < -0.39 is 0 Å². The molecule has 0 spiro atoms. The lowest BCUT2D eigenvalue weighted by atomic mass is 10.1. The molecular weight excluding hydrogens is 184 g/mol. The molecule has 2 N–H and O–H groups in total. The van der Waals surface area contributed by atoms with Crippen molar-refractivity contribution in [1.29, 1.82) is 0 Å². The summed E-state index contributed by atoms with van der Waals surface area (Å²) in [6.45, 7) is 4.44. The number of hydrogen-bond acceptors (Lipinski definition) is 2. The number of nitrogens with two attached hydrogens (primary N) is 1. The van der Waals surface area contributed by atoms with Gasteiger partial charge in [0.2, 0.25) is 0 Å². The lowest BCUT2D eigenvalue weighted by Crippen LogP contribution is -2.27. The number of benzene rings is 1. The van der Waals surface area contributed by atoms with E-state index in [2.05, 4.69) is 35.2 Å². The topological polar surface area (TPSA) is 29.3 Å². The molecule has 1 saturated carbocycles. The van der Waals surface area contributed by atoms with Crippen molar-refractivity contribution < 1.29 is 0 Å². The largest absolute Gasteiger partial charge is 0.330 e. The Kier molecular flexibility index (Phi) is 2.08. The Morgan fingerprint density at radius 2 is 2.13 bits per heavy atom. The minimum absolute atomic E-state index is 0.509. The molecule has 0 unspecified atom stereocenters. The Morgan fingerprint density at radius 3 is 2.80 bits per heavy atom. The predicted molar refractivity (Wildman–Crippen MR) is 61.3 cm³/mol. The Hall–Kier alpha value is -0.860. The van der Waals surface area contributed by atoms with Gasteiger partial charge in [-0.1, -0.05) is 30.3 Å². The van der Waals surface area contributed by atoms with Gasteiger partial charge in [0.05, 0.1) is 0 Å².